The van der Waals surface area contributed by atoms with Crippen LogP contribution in [0.2, 0.25) is 0 Å². The summed E-state index contributed by atoms with van der Waals surface area (Å²) in [6.45, 7) is 8.35. The molecule has 1 rings (SSSR count). The van der Waals surface area contributed by atoms with Crippen molar-refractivity contribution in [1.82, 2.24) is 0 Å². The Morgan fingerprint density at radius 2 is 1.89 bits per heavy atom. The lowest BCUT2D eigenvalue weighted by Crippen LogP contribution is -2.28. The van der Waals surface area contributed by atoms with Crippen molar-refractivity contribution >= 4 is 5.78 Å². The Labute approximate surface area is 109 Å². The van der Waals surface area contributed by atoms with Crippen LogP contribution >= 0.6 is 0 Å². The highest BCUT2D eigenvalue weighted by Crippen LogP contribution is 2.30. The van der Waals surface area contributed by atoms with Crippen molar-refractivity contribution in [3.05, 3.63) is 28.8 Å². The number of methoxy groups -OCH3 is 1. The van der Waals surface area contributed by atoms with E-state index >= 15 is 0 Å². The quantitative estimate of drug-likeness (QED) is 0.816. The summed E-state index contributed by atoms with van der Waals surface area (Å²) in [7, 11) is 1.64. The number of nitrogens with two attached hydrogens (primary N) is 1. The molecule has 0 heterocycles. The van der Waals surface area contributed by atoms with Crippen LogP contribution in [0.25, 0.3) is 0 Å². The predicted octanol–water partition coefficient (Wildman–Crippen LogP) is 2.87. The molecular formula is C15H23NO2. The van der Waals surface area contributed by atoms with E-state index in [-0.39, 0.29) is 5.78 Å². The van der Waals surface area contributed by atoms with Gasteiger partial charge in [0.1, 0.15) is 5.75 Å². The molecule has 3 heteroatoms. The maximum Gasteiger partial charge on any atom is 0.168 e. The molecule has 0 fully saturated rings. The van der Waals surface area contributed by atoms with Gasteiger partial charge >= 0.3 is 0 Å². The number of Topliss-reactive ketones (excluding diaryl/α,β-unsaturated/α-hetero) is 1. The van der Waals surface area contributed by atoms with Gasteiger partial charge in [0.15, 0.2) is 5.78 Å². The van der Waals surface area contributed by atoms with Gasteiger partial charge in [-0.25, -0.2) is 0 Å². The SMILES string of the molecule is COc1ccc(C(=O)C(C)(C)CCN)c(C)c1C. The first kappa shape index (κ1) is 14.7. The third-order valence-corrected chi connectivity index (χ3v) is 3.59. The first-order valence-corrected chi connectivity index (χ1v) is 6.24. The fourth-order valence-electron chi connectivity index (χ4n) is 2.10. The van der Waals surface area contributed by atoms with E-state index in [9.17, 15) is 4.79 Å². The van der Waals surface area contributed by atoms with E-state index in [4.69, 9.17) is 10.5 Å². The van der Waals surface area contributed by atoms with Gasteiger partial charge < -0.3 is 10.5 Å². The Kier molecular flexibility index (Phi) is 4.52. The molecule has 0 bridgehead atoms. The predicted molar refractivity (Wildman–Crippen MR) is 74.3 cm³/mol. The monoisotopic (exact) mass is 249 g/mol. The van der Waals surface area contributed by atoms with Gasteiger partial charge in [0.25, 0.3) is 0 Å². The fraction of sp³-hybridized carbons (Fsp3) is 0.533. The molecule has 0 aromatic heterocycles. The smallest absolute Gasteiger partial charge is 0.168 e. The molecule has 0 atom stereocenters. The summed E-state index contributed by atoms with van der Waals surface area (Å²) in [4.78, 5) is 12.5. The number of hydrogen-bond donors (Lipinski definition) is 1. The van der Waals surface area contributed by atoms with Gasteiger partial charge in [-0.2, -0.15) is 0 Å². The fourth-order valence-corrected chi connectivity index (χ4v) is 2.10. The minimum Gasteiger partial charge on any atom is -0.496 e. The molecule has 0 aliphatic carbocycles. The Morgan fingerprint density at radius 3 is 2.39 bits per heavy atom. The van der Waals surface area contributed by atoms with Crippen molar-refractivity contribution in [3.8, 4) is 5.75 Å². The van der Waals surface area contributed by atoms with Gasteiger partial charge in [0, 0.05) is 11.0 Å². The van der Waals surface area contributed by atoms with Crippen molar-refractivity contribution in [2.45, 2.75) is 34.1 Å². The van der Waals surface area contributed by atoms with Gasteiger partial charge in [-0.15, -0.1) is 0 Å². The van der Waals surface area contributed by atoms with Gasteiger partial charge in [-0.05, 0) is 50.1 Å². The largest absolute Gasteiger partial charge is 0.496 e. The van der Waals surface area contributed by atoms with Crippen LogP contribution in [0.4, 0.5) is 0 Å². The summed E-state index contributed by atoms with van der Waals surface area (Å²) in [5, 5.41) is 0. The summed E-state index contributed by atoms with van der Waals surface area (Å²) >= 11 is 0. The first-order chi connectivity index (χ1) is 8.35. The van der Waals surface area contributed by atoms with Crippen molar-refractivity contribution in [2.75, 3.05) is 13.7 Å². The summed E-state index contributed by atoms with van der Waals surface area (Å²) in [5.41, 5.74) is 7.94. The number of ketones is 1. The lowest BCUT2D eigenvalue weighted by Gasteiger charge is -2.24. The van der Waals surface area contributed by atoms with E-state index in [1.54, 1.807) is 7.11 Å². The molecular weight excluding hydrogens is 226 g/mol. The summed E-state index contributed by atoms with van der Waals surface area (Å²) < 4.78 is 5.26. The normalized spacial score (nSPS) is 11.4. The second-order valence-electron chi connectivity index (χ2n) is 5.32. The lowest BCUT2D eigenvalue weighted by atomic mass is 9.79. The van der Waals surface area contributed by atoms with Gasteiger partial charge in [-0.1, -0.05) is 13.8 Å². The van der Waals surface area contributed by atoms with Crippen LogP contribution in [0.1, 0.15) is 41.8 Å². The number of hydrogen-bond acceptors (Lipinski definition) is 3. The zero-order valence-corrected chi connectivity index (χ0v) is 12.0. The van der Waals surface area contributed by atoms with E-state index in [1.165, 1.54) is 0 Å². The molecule has 0 aliphatic rings. The van der Waals surface area contributed by atoms with Gasteiger partial charge in [-0.3, -0.25) is 4.79 Å². The van der Waals surface area contributed by atoms with Crippen LogP contribution in [0.15, 0.2) is 12.1 Å². The Bertz CT molecular complexity index is 450. The highest BCUT2D eigenvalue weighted by atomic mass is 16.5. The third kappa shape index (κ3) is 2.72. The standard InChI is InChI=1S/C15H23NO2/c1-10-11(2)13(18-5)7-6-12(10)14(17)15(3,4)8-9-16/h6-7H,8-9,16H2,1-5H3. The van der Waals surface area contributed by atoms with Crippen LogP contribution in [0.3, 0.4) is 0 Å². The summed E-state index contributed by atoms with van der Waals surface area (Å²) in [6, 6.07) is 3.70. The molecule has 18 heavy (non-hydrogen) atoms. The van der Waals surface area contributed by atoms with Crippen LogP contribution in [-0.2, 0) is 0 Å². The second-order valence-corrected chi connectivity index (χ2v) is 5.32. The van der Waals surface area contributed by atoms with Crippen molar-refractivity contribution < 1.29 is 9.53 Å². The molecule has 0 radical (unpaired) electrons. The number of carbonyl (C=O) groups excluding carboxylic acids is 1. The van der Waals surface area contributed by atoms with Crippen LogP contribution < -0.4 is 10.5 Å². The zero-order valence-electron chi connectivity index (χ0n) is 12.0. The topological polar surface area (TPSA) is 52.3 Å². The molecule has 0 spiro atoms. The number of carbonyl (C=O) groups is 1. The van der Waals surface area contributed by atoms with Crippen LogP contribution in [-0.4, -0.2) is 19.4 Å². The van der Waals surface area contributed by atoms with E-state index in [0.29, 0.717) is 13.0 Å². The van der Waals surface area contributed by atoms with Crippen molar-refractivity contribution in [2.24, 2.45) is 11.1 Å². The van der Waals surface area contributed by atoms with E-state index in [0.717, 1.165) is 22.4 Å². The van der Waals surface area contributed by atoms with E-state index in [2.05, 4.69) is 0 Å². The summed E-state index contributed by atoms with van der Waals surface area (Å²) in [5.74, 6) is 0.969. The minimum absolute atomic E-state index is 0.149. The third-order valence-electron chi connectivity index (χ3n) is 3.59. The van der Waals surface area contributed by atoms with Gasteiger partial charge in [0.05, 0.1) is 7.11 Å². The highest BCUT2D eigenvalue weighted by Gasteiger charge is 2.29. The molecule has 0 saturated carbocycles. The molecule has 3 nitrogen and oxygen atoms in total. The van der Waals surface area contributed by atoms with Crippen molar-refractivity contribution in [1.29, 1.82) is 0 Å². The first-order valence-electron chi connectivity index (χ1n) is 6.24. The van der Waals surface area contributed by atoms with E-state index in [1.807, 2.05) is 39.8 Å². The average Bonchev–Trinajstić information content (AvgIpc) is 2.31. The molecule has 2 N–H and O–H groups in total. The second kappa shape index (κ2) is 5.53. The molecule has 1 aromatic rings. The maximum atomic E-state index is 12.5. The van der Waals surface area contributed by atoms with Crippen LogP contribution in [0, 0.1) is 19.3 Å². The Hall–Kier alpha value is -1.35. The summed E-state index contributed by atoms with van der Waals surface area (Å²) in [6.07, 6.45) is 0.691. The zero-order chi connectivity index (χ0) is 13.9. The average molecular weight is 249 g/mol. The molecule has 1 aromatic carbocycles. The molecule has 0 unspecified atom stereocenters. The molecule has 0 amide bonds. The van der Waals surface area contributed by atoms with Crippen LogP contribution in [0.5, 0.6) is 5.75 Å². The Balaban J connectivity index is 3.19. The molecule has 0 saturated heterocycles. The minimum atomic E-state index is -0.416. The maximum absolute atomic E-state index is 12.5. The number of benzene rings is 1. The number of rotatable bonds is 5. The number of ether oxygens (including phenoxy) is 1. The molecule has 0 aliphatic heterocycles. The highest BCUT2D eigenvalue weighted by molar-refractivity contribution is 6.01. The Morgan fingerprint density at radius 1 is 1.28 bits per heavy atom. The lowest BCUT2D eigenvalue weighted by molar-refractivity contribution is 0.0828. The van der Waals surface area contributed by atoms with Gasteiger partial charge in [0.2, 0.25) is 0 Å². The van der Waals surface area contributed by atoms with E-state index < -0.39 is 5.41 Å². The molecule has 100 valence electrons. The van der Waals surface area contributed by atoms with Crippen molar-refractivity contribution in [3.63, 3.8) is 0 Å².